The number of hydrogen-bond acceptors (Lipinski definition) is 3. The van der Waals surface area contributed by atoms with E-state index in [2.05, 4.69) is 48.4 Å². The lowest BCUT2D eigenvalue weighted by Crippen LogP contribution is -2.33. The minimum atomic E-state index is -0.374. The van der Waals surface area contributed by atoms with Crippen LogP contribution in [0.3, 0.4) is 0 Å². The maximum Gasteiger partial charge on any atom is 0.417 e. The molecular formula is C24H30N2O2. The van der Waals surface area contributed by atoms with Crippen molar-refractivity contribution in [1.29, 1.82) is 0 Å². The predicted octanol–water partition coefficient (Wildman–Crippen LogP) is 4.99. The standard InChI is InChI=1S/C24H30N2O2/c1-16-5-6-18(17(2)14-16)4-3-13-25-21-10-7-19(8-11-21)20-9-12-22-23(15-20)28-24(27)26-22/h5-6,9,12,14-15,19,21,25H,3-4,7-8,10-11,13H2,1-2H3,(H,26,27). The quantitative estimate of drug-likeness (QED) is 0.594. The summed E-state index contributed by atoms with van der Waals surface area (Å²) < 4.78 is 5.21. The molecule has 3 aromatic rings. The number of fused-ring (bicyclic) bond motifs is 1. The van der Waals surface area contributed by atoms with E-state index in [4.69, 9.17) is 4.42 Å². The molecule has 0 saturated heterocycles. The second kappa shape index (κ2) is 8.36. The summed E-state index contributed by atoms with van der Waals surface area (Å²) >= 11 is 0. The Morgan fingerprint density at radius 2 is 1.89 bits per heavy atom. The molecule has 4 nitrogen and oxygen atoms in total. The Hall–Kier alpha value is -2.33. The predicted molar refractivity (Wildman–Crippen MR) is 114 cm³/mol. The summed E-state index contributed by atoms with van der Waals surface area (Å²) in [5.41, 5.74) is 6.98. The first kappa shape index (κ1) is 19.0. The molecule has 0 radical (unpaired) electrons. The van der Waals surface area contributed by atoms with Crippen molar-refractivity contribution in [3.05, 3.63) is 69.2 Å². The third-order valence-corrected chi connectivity index (χ3v) is 6.20. The third-order valence-electron chi connectivity index (χ3n) is 6.20. The molecular weight excluding hydrogens is 348 g/mol. The minimum Gasteiger partial charge on any atom is -0.408 e. The van der Waals surface area contributed by atoms with Crippen LogP contribution in [0.1, 0.15) is 60.3 Å². The summed E-state index contributed by atoms with van der Waals surface area (Å²) in [4.78, 5) is 14.0. The molecule has 4 heteroatoms. The van der Waals surface area contributed by atoms with E-state index in [0.717, 1.165) is 18.5 Å². The van der Waals surface area contributed by atoms with Crippen molar-refractivity contribution in [3.63, 3.8) is 0 Å². The highest BCUT2D eigenvalue weighted by molar-refractivity contribution is 5.72. The van der Waals surface area contributed by atoms with Gasteiger partial charge in [0.15, 0.2) is 5.58 Å². The molecule has 0 unspecified atom stereocenters. The lowest BCUT2D eigenvalue weighted by molar-refractivity contribution is 0.342. The molecule has 1 aliphatic rings. The first-order valence-corrected chi connectivity index (χ1v) is 10.5. The van der Waals surface area contributed by atoms with Gasteiger partial charge in [-0.3, -0.25) is 4.98 Å². The molecule has 1 aliphatic carbocycles. The average molecular weight is 379 g/mol. The zero-order valence-electron chi connectivity index (χ0n) is 16.9. The van der Waals surface area contributed by atoms with Crippen LogP contribution < -0.4 is 11.1 Å². The van der Waals surface area contributed by atoms with Crippen LogP contribution in [0.2, 0.25) is 0 Å². The largest absolute Gasteiger partial charge is 0.417 e. The molecule has 148 valence electrons. The summed E-state index contributed by atoms with van der Waals surface area (Å²) in [6.45, 7) is 5.46. The van der Waals surface area contributed by atoms with Gasteiger partial charge < -0.3 is 9.73 Å². The van der Waals surface area contributed by atoms with E-state index in [1.54, 1.807) is 0 Å². The molecule has 0 amide bonds. The second-order valence-electron chi connectivity index (χ2n) is 8.31. The fraction of sp³-hybridized carbons (Fsp3) is 0.458. The van der Waals surface area contributed by atoms with Crippen molar-refractivity contribution in [3.8, 4) is 0 Å². The first-order chi connectivity index (χ1) is 13.6. The van der Waals surface area contributed by atoms with Gasteiger partial charge in [-0.15, -0.1) is 0 Å². The number of hydrogen-bond donors (Lipinski definition) is 2. The van der Waals surface area contributed by atoms with E-state index in [9.17, 15) is 4.79 Å². The summed E-state index contributed by atoms with van der Waals surface area (Å²) in [6.07, 6.45) is 7.14. The first-order valence-electron chi connectivity index (χ1n) is 10.5. The van der Waals surface area contributed by atoms with Crippen LogP contribution >= 0.6 is 0 Å². The van der Waals surface area contributed by atoms with Crippen LogP contribution in [0.15, 0.2) is 45.6 Å². The summed E-state index contributed by atoms with van der Waals surface area (Å²) in [7, 11) is 0. The summed E-state index contributed by atoms with van der Waals surface area (Å²) in [5, 5.41) is 3.76. The fourth-order valence-corrected chi connectivity index (χ4v) is 4.56. The zero-order valence-corrected chi connectivity index (χ0v) is 16.9. The molecule has 1 aromatic heterocycles. The van der Waals surface area contributed by atoms with Crippen LogP contribution in [0, 0.1) is 13.8 Å². The van der Waals surface area contributed by atoms with E-state index in [1.807, 2.05) is 12.1 Å². The number of H-pyrrole nitrogens is 1. The normalized spacial score (nSPS) is 19.9. The lowest BCUT2D eigenvalue weighted by Gasteiger charge is -2.29. The van der Waals surface area contributed by atoms with Gasteiger partial charge >= 0.3 is 5.76 Å². The number of rotatable bonds is 6. The Bertz CT molecular complexity index is 993. The van der Waals surface area contributed by atoms with Crippen molar-refractivity contribution in [2.45, 2.75) is 64.3 Å². The van der Waals surface area contributed by atoms with Gasteiger partial charge in [-0.05, 0) is 93.7 Å². The molecule has 0 aliphatic heterocycles. The molecule has 2 aromatic carbocycles. The van der Waals surface area contributed by atoms with Crippen LogP contribution in [-0.4, -0.2) is 17.6 Å². The molecule has 1 fully saturated rings. The van der Waals surface area contributed by atoms with Gasteiger partial charge in [0.25, 0.3) is 0 Å². The highest BCUT2D eigenvalue weighted by atomic mass is 16.4. The van der Waals surface area contributed by atoms with Gasteiger partial charge in [0.05, 0.1) is 5.52 Å². The van der Waals surface area contributed by atoms with E-state index >= 15 is 0 Å². The zero-order chi connectivity index (χ0) is 19.5. The van der Waals surface area contributed by atoms with Crippen molar-refractivity contribution in [2.75, 3.05) is 6.54 Å². The van der Waals surface area contributed by atoms with Crippen LogP contribution in [0.4, 0.5) is 0 Å². The summed E-state index contributed by atoms with van der Waals surface area (Å²) in [5.74, 6) is 0.193. The molecule has 0 atom stereocenters. The van der Waals surface area contributed by atoms with Gasteiger partial charge in [-0.1, -0.05) is 29.8 Å². The van der Waals surface area contributed by atoms with Gasteiger partial charge in [0.2, 0.25) is 0 Å². The SMILES string of the molecule is Cc1ccc(CCCNC2CCC(c3ccc4[nH]c(=O)oc4c3)CC2)c(C)c1. The van der Waals surface area contributed by atoms with Crippen molar-refractivity contribution < 1.29 is 4.42 Å². The Morgan fingerprint density at radius 3 is 2.68 bits per heavy atom. The third kappa shape index (κ3) is 4.39. The van der Waals surface area contributed by atoms with Gasteiger partial charge in [0.1, 0.15) is 0 Å². The molecule has 4 rings (SSSR count). The molecule has 1 heterocycles. The molecule has 1 saturated carbocycles. The monoisotopic (exact) mass is 378 g/mol. The Balaban J connectivity index is 1.23. The van der Waals surface area contributed by atoms with Crippen molar-refractivity contribution in [1.82, 2.24) is 10.3 Å². The number of nitrogens with one attached hydrogen (secondary N) is 2. The fourth-order valence-electron chi connectivity index (χ4n) is 4.56. The molecule has 0 bridgehead atoms. The number of benzene rings is 2. The topological polar surface area (TPSA) is 58.0 Å². The smallest absolute Gasteiger partial charge is 0.408 e. The van der Waals surface area contributed by atoms with E-state index in [-0.39, 0.29) is 5.76 Å². The number of aryl methyl sites for hydroxylation is 3. The highest BCUT2D eigenvalue weighted by Crippen LogP contribution is 2.34. The van der Waals surface area contributed by atoms with Crippen LogP contribution in [0.5, 0.6) is 0 Å². The molecule has 0 spiro atoms. The van der Waals surface area contributed by atoms with Crippen molar-refractivity contribution in [2.24, 2.45) is 0 Å². The van der Waals surface area contributed by atoms with E-state index in [1.165, 1.54) is 54.4 Å². The summed E-state index contributed by atoms with van der Waals surface area (Å²) in [6, 6.07) is 13.5. The molecule has 28 heavy (non-hydrogen) atoms. The van der Waals surface area contributed by atoms with Crippen LogP contribution in [0.25, 0.3) is 11.1 Å². The number of oxazole rings is 1. The van der Waals surface area contributed by atoms with Gasteiger partial charge in [-0.2, -0.15) is 0 Å². The molecule has 2 N–H and O–H groups in total. The maximum absolute atomic E-state index is 11.3. The lowest BCUT2D eigenvalue weighted by atomic mass is 9.81. The van der Waals surface area contributed by atoms with Crippen LogP contribution in [-0.2, 0) is 6.42 Å². The minimum absolute atomic E-state index is 0.374. The van der Waals surface area contributed by atoms with E-state index in [0.29, 0.717) is 17.5 Å². The Labute approximate surface area is 166 Å². The Kier molecular flexibility index (Phi) is 5.67. The average Bonchev–Trinajstić information content (AvgIpc) is 3.06. The van der Waals surface area contributed by atoms with Gasteiger partial charge in [-0.25, -0.2) is 4.79 Å². The Morgan fingerprint density at radius 1 is 1.07 bits per heavy atom. The second-order valence-corrected chi connectivity index (χ2v) is 8.31. The van der Waals surface area contributed by atoms with Crippen molar-refractivity contribution >= 4 is 11.1 Å². The maximum atomic E-state index is 11.3. The highest BCUT2D eigenvalue weighted by Gasteiger charge is 2.22. The van der Waals surface area contributed by atoms with Gasteiger partial charge in [0, 0.05) is 6.04 Å². The van der Waals surface area contributed by atoms with E-state index < -0.39 is 0 Å². The number of aromatic amines is 1. The number of aromatic nitrogens is 1.